The summed E-state index contributed by atoms with van der Waals surface area (Å²) in [6, 6.07) is 15.0. The third-order valence-electron chi connectivity index (χ3n) is 3.39. The molecule has 5 heteroatoms. The molecule has 0 saturated carbocycles. The zero-order chi connectivity index (χ0) is 15.5. The highest BCUT2D eigenvalue weighted by molar-refractivity contribution is 6.31. The molecular formula is C17H13ClN2O2. The maximum atomic E-state index is 11.6. The van der Waals surface area contributed by atoms with Crippen molar-refractivity contribution in [3.05, 3.63) is 75.8 Å². The van der Waals surface area contributed by atoms with Crippen molar-refractivity contribution in [3.8, 4) is 11.3 Å². The summed E-state index contributed by atoms with van der Waals surface area (Å²) in [6.07, 6.45) is 1.48. The molecule has 2 aliphatic carbocycles. The third-order valence-corrected chi connectivity index (χ3v) is 3.71. The van der Waals surface area contributed by atoms with Crippen LogP contribution in [-0.2, 0) is 0 Å². The summed E-state index contributed by atoms with van der Waals surface area (Å²) in [5.41, 5.74) is 2.02. The number of rotatable bonds is 2. The van der Waals surface area contributed by atoms with Crippen LogP contribution in [-0.4, -0.2) is 18.1 Å². The van der Waals surface area contributed by atoms with Crippen LogP contribution in [0.15, 0.2) is 59.3 Å². The molecule has 1 N–H and O–H groups in total. The minimum atomic E-state index is -0.131. The Morgan fingerprint density at radius 3 is 2.45 bits per heavy atom. The Kier molecular flexibility index (Phi) is 3.94. The van der Waals surface area contributed by atoms with Crippen LogP contribution in [0.3, 0.4) is 0 Å². The van der Waals surface area contributed by atoms with Crippen LogP contribution >= 0.6 is 11.6 Å². The predicted octanol–water partition coefficient (Wildman–Crippen LogP) is 3.64. The lowest BCUT2D eigenvalue weighted by Gasteiger charge is -2.04. The maximum Gasteiger partial charge on any atom is 0.251 e. The molecule has 4 rings (SSSR count). The number of amides is 1. The van der Waals surface area contributed by atoms with E-state index >= 15 is 0 Å². The zero-order valence-corrected chi connectivity index (χ0v) is 12.6. The van der Waals surface area contributed by atoms with Crippen molar-refractivity contribution >= 4 is 17.5 Å². The Morgan fingerprint density at radius 2 is 2.00 bits per heavy atom. The van der Waals surface area contributed by atoms with Gasteiger partial charge in [-0.1, -0.05) is 47.1 Å². The summed E-state index contributed by atoms with van der Waals surface area (Å²) in [5.74, 6) is -0.131. The highest BCUT2D eigenvalue weighted by atomic mass is 35.5. The molecule has 110 valence electrons. The number of carbonyl (C=O) groups excluding carboxylic acids is 1. The van der Waals surface area contributed by atoms with Gasteiger partial charge in [-0.15, -0.1) is 0 Å². The van der Waals surface area contributed by atoms with Gasteiger partial charge in [0.05, 0.1) is 0 Å². The average Bonchev–Trinajstić information content (AvgIpc) is 3.06. The summed E-state index contributed by atoms with van der Waals surface area (Å²) >= 11 is 5.60. The molecule has 0 spiro atoms. The first-order valence-corrected chi connectivity index (χ1v) is 7.10. The van der Waals surface area contributed by atoms with Crippen molar-refractivity contribution in [3.63, 3.8) is 0 Å². The highest BCUT2D eigenvalue weighted by Crippen LogP contribution is 2.21. The highest BCUT2D eigenvalue weighted by Gasteiger charge is 2.12. The summed E-state index contributed by atoms with van der Waals surface area (Å²) in [7, 11) is 1.60. The van der Waals surface area contributed by atoms with Gasteiger partial charge in [-0.2, -0.15) is 0 Å². The second-order valence-corrected chi connectivity index (χ2v) is 5.11. The topological polar surface area (TPSA) is 55.1 Å². The number of nitrogens with one attached hydrogen (secondary N) is 1. The summed E-state index contributed by atoms with van der Waals surface area (Å²) in [4.78, 5) is 11.6. The van der Waals surface area contributed by atoms with Gasteiger partial charge in [0, 0.05) is 34.5 Å². The largest absolute Gasteiger partial charge is 0.364 e. The third kappa shape index (κ3) is 2.61. The van der Waals surface area contributed by atoms with Crippen LogP contribution in [0.25, 0.3) is 11.3 Å². The first kappa shape index (κ1) is 14.4. The van der Waals surface area contributed by atoms with E-state index in [1.54, 1.807) is 19.2 Å². The number of aromatic nitrogens is 1. The molecule has 0 radical (unpaired) electrons. The Morgan fingerprint density at radius 1 is 1.18 bits per heavy atom. The number of hydrogen-bond donors (Lipinski definition) is 1. The van der Waals surface area contributed by atoms with E-state index in [-0.39, 0.29) is 5.91 Å². The molecule has 22 heavy (non-hydrogen) atoms. The van der Waals surface area contributed by atoms with Gasteiger partial charge >= 0.3 is 0 Å². The summed E-state index contributed by atoms with van der Waals surface area (Å²) in [6.45, 7) is 0. The second kappa shape index (κ2) is 6.03. The molecule has 2 aromatic rings. The van der Waals surface area contributed by atoms with E-state index in [1.165, 1.54) is 16.7 Å². The van der Waals surface area contributed by atoms with Gasteiger partial charge < -0.3 is 9.84 Å². The Balaban J connectivity index is 0.000000169. The van der Waals surface area contributed by atoms with E-state index in [9.17, 15) is 4.79 Å². The fourth-order valence-corrected chi connectivity index (χ4v) is 2.42. The first-order valence-electron chi connectivity index (χ1n) is 6.72. The Hall–Kier alpha value is -2.59. The molecule has 0 saturated heterocycles. The molecule has 0 unspecified atom stereocenters. The number of hydrogen-bond acceptors (Lipinski definition) is 3. The van der Waals surface area contributed by atoms with Gasteiger partial charge in [0.1, 0.15) is 12.0 Å². The monoisotopic (exact) mass is 312 g/mol. The second-order valence-electron chi connectivity index (χ2n) is 4.70. The van der Waals surface area contributed by atoms with E-state index in [2.05, 4.69) is 16.5 Å². The summed E-state index contributed by atoms with van der Waals surface area (Å²) < 4.78 is 4.76. The molecule has 0 atom stereocenters. The predicted molar refractivity (Wildman–Crippen MR) is 84.5 cm³/mol. The number of nitrogens with zero attached hydrogens (tertiary/aromatic N) is 1. The molecule has 1 aromatic heterocycles. The van der Waals surface area contributed by atoms with Crippen LogP contribution < -0.4 is 5.32 Å². The van der Waals surface area contributed by atoms with Crippen LogP contribution in [0.1, 0.15) is 10.4 Å². The van der Waals surface area contributed by atoms with Gasteiger partial charge in [0.15, 0.2) is 0 Å². The lowest BCUT2D eigenvalue weighted by molar-refractivity contribution is 0.0963. The van der Waals surface area contributed by atoms with Crippen molar-refractivity contribution in [2.75, 3.05) is 7.05 Å². The van der Waals surface area contributed by atoms with Crippen LogP contribution in [0.4, 0.5) is 0 Å². The van der Waals surface area contributed by atoms with Gasteiger partial charge in [-0.3, -0.25) is 4.79 Å². The van der Waals surface area contributed by atoms with E-state index in [1.807, 2.05) is 30.3 Å². The van der Waals surface area contributed by atoms with E-state index < -0.39 is 0 Å². The minimum Gasteiger partial charge on any atom is -0.364 e. The van der Waals surface area contributed by atoms with Crippen molar-refractivity contribution in [2.45, 2.75) is 0 Å². The molecule has 1 aromatic carbocycles. The van der Waals surface area contributed by atoms with Crippen LogP contribution in [0.5, 0.6) is 0 Å². The van der Waals surface area contributed by atoms with E-state index in [0.717, 1.165) is 10.6 Å². The van der Waals surface area contributed by atoms with Gasteiger partial charge in [-0.05, 0) is 17.4 Å². The molecule has 1 amide bonds. The van der Waals surface area contributed by atoms with Crippen molar-refractivity contribution < 1.29 is 9.32 Å². The zero-order valence-electron chi connectivity index (χ0n) is 11.8. The van der Waals surface area contributed by atoms with Crippen LogP contribution in [0, 0.1) is 10.4 Å². The number of halogens is 1. The number of carbonyl (C=O) groups is 1. The molecule has 0 fully saturated rings. The maximum absolute atomic E-state index is 11.6. The molecule has 2 aliphatic rings. The van der Waals surface area contributed by atoms with Crippen molar-refractivity contribution in [2.24, 2.45) is 0 Å². The summed E-state index contributed by atoms with van der Waals surface area (Å²) in [5, 5.41) is 9.86. The average molecular weight is 313 g/mol. The standard InChI is InChI=1S/C11H10N2O2.C6H3Cl/c1-12-11(14)9-5-3-2-4-8(9)10-6-7-15-13-10;7-6-3-4-1-2-5(4)6/h2-7H,1H3,(H,12,14);1-3H. The Labute approximate surface area is 132 Å². The lowest BCUT2D eigenvalue weighted by Crippen LogP contribution is -2.18. The quantitative estimate of drug-likeness (QED) is 0.615. The van der Waals surface area contributed by atoms with Crippen molar-refractivity contribution in [1.29, 1.82) is 0 Å². The lowest BCUT2D eigenvalue weighted by atomic mass is 10.0. The molecule has 1 heterocycles. The SMILES string of the molecule is CNC(=O)c1ccccc1-c1ccon1.Clc1cc2ccc1=2. The smallest absolute Gasteiger partial charge is 0.251 e. The molecule has 4 nitrogen and oxygen atoms in total. The fraction of sp³-hybridized carbons (Fsp3) is 0.0588. The van der Waals surface area contributed by atoms with Crippen LogP contribution in [0.2, 0.25) is 5.02 Å². The van der Waals surface area contributed by atoms with E-state index in [0.29, 0.717) is 11.3 Å². The molecule has 0 bridgehead atoms. The number of benzene rings is 2. The molecule has 0 aliphatic heterocycles. The Bertz CT molecular complexity index is 905. The molecular weight excluding hydrogens is 300 g/mol. The van der Waals surface area contributed by atoms with E-state index in [4.69, 9.17) is 16.1 Å². The first-order chi connectivity index (χ1) is 10.7. The minimum absolute atomic E-state index is 0.131. The van der Waals surface area contributed by atoms with Gasteiger partial charge in [0.2, 0.25) is 0 Å². The van der Waals surface area contributed by atoms with Crippen molar-refractivity contribution in [1.82, 2.24) is 10.5 Å². The normalized spacial score (nSPS) is 10.5. The fourth-order valence-electron chi connectivity index (χ4n) is 2.13. The van der Waals surface area contributed by atoms with Gasteiger partial charge in [-0.25, -0.2) is 0 Å². The van der Waals surface area contributed by atoms with Gasteiger partial charge in [0.25, 0.3) is 5.91 Å².